The van der Waals surface area contributed by atoms with Gasteiger partial charge < -0.3 is 24.6 Å². The first-order chi connectivity index (χ1) is 14.4. The Hall–Kier alpha value is -4.08. The fourth-order valence-electron chi connectivity index (χ4n) is 2.27. The van der Waals surface area contributed by atoms with Gasteiger partial charge in [-0.15, -0.1) is 0 Å². The van der Waals surface area contributed by atoms with Crippen LogP contribution in [0.2, 0.25) is 0 Å². The lowest BCUT2D eigenvalue weighted by Crippen LogP contribution is -2.32. The Bertz CT molecular complexity index is 944. The minimum atomic E-state index is -1.12. The van der Waals surface area contributed by atoms with Crippen molar-refractivity contribution in [3.63, 3.8) is 0 Å². The summed E-state index contributed by atoms with van der Waals surface area (Å²) in [5, 5.41) is 14.9. The van der Waals surface area contributed by atoms with Crippen molar-refractivity contribution in [1.29, 1.82) is 0 Å². The maximum absolute atomic E-state index is 12.0. The van der Waals surface area contributed by atoms with Crippen LogP contribution in [0.4, 0.5) is 5.69 Å². The van der Waals surface area contributed by atoms with Gasteiger partial charge in [0.25, 0.3) is 0 Å². The molecule has 0 radical (unpaired) electrons. The average Bonchev–Trinajstić information content (AvgIpc) is 2.74. The smallest absolute Gasteiger partial charge is 0.341 e. The van der Waals surface area contributed by atoms with E-state index in [-0.39, 0.29) is 11.5 Å². The number of carboxylic acids is 1. The SMILES string of the molecule is CCOc1ccccc1NC(=O)C(=O)N/N=C\c1ccc(OCC(=O)O)c(OC)c1. The molecule has 0 heterocycles. The van der Waals surface area contributed by atoms with Gasteiger partial charge in [-0.2, -0.15) is 5.10 Å². The normalized spacial score (nSPS) is 10.3. The van der Waals surface area contributed by atoms with E-state index in [4.69, 9.17) is 19.3 Å². The quantitative estimate of drug-likeness (QED) is 0.322. The van der Waals surface area contributed by atoms with Crippen molar-refractivity contribution in [2.24, 2.45) is 5.10 Å². The van der Waals surface area contributed by atoms with Crippen LogP contribution < -0.4 is 25.0 Å². The molecule has 30 heavy (non-hydrogen) atoms. The standard InChI is InChI=1S/C20H21N3O7/c1-3-29-15-7-5-4-6-14(15)22-19(26)20(27)23-21-11-13-8-9-16(17(10-13)28-2)30-12-18(24)25/h4-11H,3,12H2,1-2H3,(H,22,26)(H,23,27)(H,24,25)/b21-11-. The molecule has 2 rings (SSSR count). The number of carbonyl (C=O) groups is 3. The summed E-state index contributed by atoms with van der Waals surface area (Å²) >= 11 is 0. The number of carbonyl (C=O) groups excluding carboxylic acids is 2. The third kappa shape index (κ3) is 6.51. The summed E-state index contributed by atoms with van der Waals surface area (Å²) in [6.45, 7) is 1.70. The van der Waals surface area contributed by atoms with E-state index in [1.807, 2.05) is 0 Å². The molecule has 0 spiro atoms. The van der Waals surface area contributed by atoms with Gasteiger partial charge in [-0.05, 0) is 42.8 Å². The molecule has 0 atom stereocenters. The van der Waals surface area contributed by atoms with Crippen molar-refractivity contribution in [3.8, 4) is 17.2 Å². The molecule has 0 aliphatic carbocycles. The van der Waals surface area contributed by atoms with Crippen molar-refractivity contribution in [3.05, 3.63) is 48.0 Å². The maximum atomic E-state index is 12.0. The molecule has 0 bridgehead atoms. The molecule has 0 aliphatic rings. The first kappa shape index (κ1) is 22.2. The molecule has 2 aromatic carbocycles. The Labute approximate surface area is 172 Å². The first-order valence-electron chi connectivity index (χ1n) is 8.83. The highest BCUT2D eigenvalue weighted by atomic mass is 16.5. The maximum Gasteiger partial charge on any atom is 0.341 e. The second-order valence-electron chi connectivity index (χ2n) is 5.68. The van der Waals surface area contributed by atoms with Crippen molar-refractivity contribution in [1.82, 2.24) is 5.43 Å². The van der Waals surface area contributed by atoms with Crippen LogP contribution in [0.25, 0.3) is 0 Å². The molecule has 0 fully saturated rings. The number of carboxylic acid groups (broad SMARTS) is 1. The number of nitrogens with one attached hydrogen (secondary N) is 2. The number of hydrogen-bond donors (Lipinski definition) is 3. The number of para-hydroxylation sites is 2. The molecular formula is C20H21N3O7. The van der Waals surface area contributed by atoms with E-state index in [9.17, 15) is 14.4 Å². The number of methoxy groups -OCH3 is 1. The van der Waals surface area contributed by atoms with E-state index >= 15 is 0 Å². The number of ether oxygens (including phenoxy) is 3. The van der Waals surface area contributed by atoms with E-state index < -0.39 is 24.4 Å². The molecule has 0 aliphatic heterocycles. The largest absolute Gasteiger partial charge is 0.493 e. The summed E-state index contributed by atoms with van der Waals surface area (Å²) in [5.41, 5.74) is 3.01. The summed E-state index contributed by atoms with van der Waals surface area (Å²) in [4.78, 5) is 34.6. The summed E-state index contributed by atoms with van der Waals surface area (Å²) in [5.74, 6) is -2.01. The van der Waals surface area contributed by atoms with E-state index in [0.717, 1.165) is 0 Å². The molecule has 0 aromatic heterocycles. The van der Waals surface area contributed by atoms with Crippen LogP contribution in [0.5, 0.6) is 17.2 Å². The van der Waals surface area contributed by atoms with Gasteiger partial charge in [0, 0.05) is 0 Å². The van der Waals surface area contributed by atoms with E-state index in [1.54, 1.807) is 37.3 Å². The highest BCUT2D eigenvalue weighted by molar-refractivity contribution is 6.39. The number of anilines is 1. The third-order valence-corrected chi connectivity index (χ3v) is 3.56. The van der Waals surface area contributed by atoms with Gasteiger partial charge in [-0.25, -0.2) is 10.2 Å². The van der Waals surface area contributed by atoms with Crippen LogP contribution >= 0.6 is 0 Å². The molecule has 10 nitrogen and oxygen atoms in total. The van der Waals surface area contributed by atoms with Gasteiger partial charge in [0.2, 0.25) is 0 Å². The molecule has 0 unspecified atom stereocenters. The zero-order chi connectivity index (χ0) is 21.9. The fourth-order valence-corrected chi connectivity index (χ4v) is 2.27. The van der Waals surface area contributed by atoms with Gasteiger partial charge in [0.05, 0.1) is 25.6 Å². The molecular weight excluding hydrogens is 394 g/mol. The highest BCUT2D eigenvalue weighted by Crippen LogP contribution is 2.27. The number of hydrazone groups is 1. The molecule has 0 saturated carbocycles. The molecule has 2 aromatic rings. The average molecular weight is 415 g/mol. The van der Waals surface area contributed by atoms with Gasteiger partial charge >= 0.3 is 17.8 Å². The lowest BCUT2D eigenvalue weighted by Gasteiger charge is -2.10. The summed E-state index contributed by atoms with van der Waals surface area (Å²) in [7, 11) is 1.40. The molecule has 0 saturated heterocycles. The van der Waals surface area contributed by atoms with E-state index in [1.165, 1.54) is 25.5 Å². The lowest BCUT2D eigenvalue weighted by atomic mass is 10.2. The number of nitrogens with zero attached hydrogens (tertiary/aromatic N) is 1. The van der Waals surface area contributed by atoms with Crippen molar-refractivity contribution in [2.45, 2.75) is 6.92 Å². The van der Waals surface area contributed by atoms with Crippen molar-refractivity contribution >= 4 is 29.7 Å². The Morgan fingerprint density at radius 2 is 1.80 bits per heavy atom. The van der Waals surface area contributed by atoms with Crippen LogP contribution in [0.3, 0.4) is 0 Å². The molecule has 10 heteroatoms. The minimum Gasteiger partial charge on any atom is -0.493 e. The predicted molar refractivity (Wildman–Crippen MR) is 108 cm³/mol. The number of benzene rings is 2. The Morgan fingerprint density at radius 1 is 1.03 bits per heavy atom. The van der Waals surface area contributed by atoms with Crippen LogP contribution in [-0.2, 0) is 14.4 Å². The Balaban J connectivity index is 1.96. The van der Waals surface area contributed by atoms with Crippen LogP contribution in [0.1, 0.15) is 12.5 Å². The fraction of sp³-hybridized carbons (Fsp3) is 0.200. The van der Waals surface area contributed by atoms with Crippen LogP contribution in [0.15, 0.2) is 47.6 Å². The Morgan fingerprint density at radius 3 is 2.50 bits per heavy atom. The van der Waals surface area contributed by atoms with Gasteiger partial charge in [-0.3, -0.25) is 9.59 Å². The van der Waals surface area contributed by atoms with Crippen LogP contribution in [-0.4, -0.2) is 49.4 Å². The zero-order valence-electron chi connectivity index (χ0n) is 16.4. The van der Waals surface area contributed by atoms with Gasteiger partial charge in [-0.1, -0.05) is 12.1 Å². The summed E-state index contributed by atoms with van der Waals surface area (Å²) in [6, 6.07) is 11.3. The zero-order valence-corrected chi connectivity index (χ0v) is 16.4. The summed E-state index contributed by atoms with van der Waals surface area (Å²) in [6.07, 6.45) is 1.29. The number of aliphatic carboxylic acids is 1. The number of hydrogen-bond acceptors (Lipinski definition) is 7. The highest BCUT2D eigenvalue weighted by Gasteiger charge is 2.15. The monoisotopic (exact) mass is 415 g/mol. The van der Waals surface area contributed by atoms with Crippen molar-refractivity contribution in [2.75, 3.05) is 25.6 Å². The third-order valence-electron chi connectivity index (χ3n) is 3.56. The topological polar surface area (TPSA) is 136 Å². The van der Waals surface area contributed by atoms with Gasteiger partial charge in [0.15, 0.2) is 18.1 Å². The minimum absolute atomic E-state index is 0.244. The van der Waals surface area contributed by atoms with Gasteiger partial charge in [0.1, 0.15) is 5.75 Å². The lowest BCUT2D eigenvalue weighted by molar-refractivity contribution is -0.139. The van der Waals surface area contributed by atoms with E-state index in [2.05, 4.69) is 15.8 Å². The van der Waals surface area contributed by atoms with E-state index in [0.29, 0.717) is 23.6 Å². The molecule has 158 valence electrons. The number of amides is 2. The molecule has 3 N–H and O–H groups in total. The molecule has 2 amide bonds. The second kappa shape index (κ2) is 11.1. The summed E-state index contributed by atoms with van der Waals surface area (Å²) < 4.78 is 15.6. The Kier molecular flexibility index (Phi) is 8.18. The van der Waals surface area contributed by atoms with Crippen LogP contribution in [0, 0.1) is 0 Å². The predicted octanol–water partition coefficient (Wildman–Crippen LogP) is 1.65. The first-order valence-corrected chi connectivity index (χ1v) is 8.83. The second-order valence-corrected chi connectivity index (χ2v) is 5.68. The number of rotatable bonds is 9. The van der Waals surface area contributed by atoms with Crippen molar-refractivity contribution < 1.29 is 33.7 Å².